The number of carbonyl (C=O) groups excluding carboxylic acids is 1. The number of sulfonamides is 1. The summed E-state index contributed by atoms with van der Waals surface area (Å²) in [6.07, 6.45) is 6.40. The molecule has 0 aliphatic carbocycles. The van der Waals surface area contributed by atoms with E-state index in [9.17, 15) is 18.3 Å². The quantitative estimate of drug-likeness (QED) is 0.240. The monoisotopic (exact) mass is 595 g/mol. The molecule has 2 aliphatic heterocycles. The Morgan fingerprint density at radius 1 is 1.12 bits per heavy atom. The fraction of sp³-hybridized carbons (Fsp3) is 0.531. The lowest BCUT2D eigenvalue weighted by molar-refractivity contribution is -0.117. The van der Waals surface area contributed by atoms with E-state index in [1.807, 2.05) is 18.3 Å². The number of rotatable bonds is 13. The predicted octanol–water partition coefficient (Wildman–Crippen LogP) is 3.33. The molecular weight excluding hydrogens is 550 g/mol. The number of aliphatic hydroxyl groups is 1. The zero-order valence-corrected chi connectivity index (χ0v) is 25.5. The summed E-state index contributed by atoms with van der Waals surface area (Å²) >= 11 is 0. The number of likely N-dealkylation sites (tertiary alicyclic amines) is 1. The molecule has 5 N–H and O–H groups in total. The van der Waals surface area contributed by atoms with Crippen LogP contribution >= 0.6 is 0 Å². The summed E-state index contributed by atoms with van der Waals surface area (Å²) in [5.74, 6) is 0.0562. The second kappa shape index (κ2) is 13.7. The van der Waals surface area contributed by atoms with Crippen LogP contribution in [0.25, 0.3) is 22.0 Å². The van der Waals surface area contributed by atoms with Gasteiger partial charge in [0.2, 0.25) is 15.9 Å². The van der Waals surface area contributed by atoms with Gasteiger partial charge in [0.25, 0.3) is 0 Å². The van der Waals surface area contributed by atoms with E-state index in [1.165, 1.54) is 18.4 Å². The molecule has 42 heavy (non-hydrogen) atoms. The molecule has 10 heteroatoms. The lowest BCUT2D eigenvalue weighted by Crippen LogP contribution is -2.39. The number of carbonyl (C=O) groups is 1. The van der Waals surface area contributed by atoms with Crippen LogP contribution in [-0.4, -0.2) is 84.7 Å². The van der Waals surface area contributed by atoms with Crippen molar-refractivity contribution >= 4 is 26.8 Å². The maximum atomic E-state index is 13.1. The highest BCUT2D eigenvalue weighted by Gasteiger charge is 2.30. The van der Waals surface area contributed by atoms with Crippen LogP contribution in [0.4, 0.5) is 0 Å². The van der Waals surface area contributed by atoms with Crippen molar-refractivity contribution in [3.8, 4) is 11.1 Å². The standard InChI is InChI=1S/C32H45N5O4S/c1-23(38)20-34-21-24-6-4-7-26(16-24)27-17-28(19-31(33)39)32-29(18-27)30(22-35-32)25-8-13-37(14-9-25)42(40,41)15-5-12-36-10-2-3-11-36/h4,6-7,16-18,22-23,25,34-35,38H,2-3,5,8-15,19-21H2,1H3,(H2,33,39)/t23-/m0/s1. The molecule has 1 aromatic heterocycles. The van der Waals surface area contributed by atoms with Crippen molar-refractivity contribution in [2.24, 2.45) is 5.73 Å². The molecule has 1 atom stereocenters. The normalized spacial score (nSPS) is 18.1. The number of nitrogens with one attached hydrogen (secondary N) is 2. The molecule has 2 fully saturated rings. The molecule has 2 aromatic carbocycles. The average Bonchev–Trinajstić information content (AvgIpc) is 3.63. The molecule has 9 nitrogen and oxygen atoms in total. The molecule has 3 heterocycles. The number of hydrogen-bond acceptors (Lipinski definition) is 6. The SMILES string of the molecule is C[C@H](O)CNCc1cccc(-c2cc(CC(N)=O)c3[nH]cc(C4CCN(S(=O)(=O)CCCN5CCCC5)CC4)c3c2)c1. The second-order valence-corrected chi connectivity index (χ2v) is 14.1. The van der Waals surface area contributed by atoms with Crippen LogP contribution in [0.3, 0.4) is 0 Å². The van der Waals surface area contributed by atoms with E-state index in [0.29, 0.717) is 32.6 Å². The Morgan fingerprint density at radius 2 is 1.88 bits per heavy atom. The Hall–Kier alpha value is -2.76. The van der Waals surface area contributed by atoms with Crippen LogP contribution < -0.4 is 11.1 Å². The van der Waals surface area contributed by atoms with Gasteiger partial charge >= 0.3 is 0 Å². The maximum absolute atomic E-state index is 13.1. The summed E-state index contributed by atoms with van der Waals surface area (Å²) in [7, 11) is -3.26. The lowest BCUT2D eigenvalue weighted by Gasteiger charge is -2.31. The topological polar surface area (TPSA) is 132 Å². The fourth-order valence-electron chi connectivity index (χ4n) is 6.50. The van der Waals surface area contributed by atoms with Crippen LogP contribution in [0.15, 0.2) is 42.6 Å². The molecule has 5 rings (SSSR count). The van der Waals surface area contributed by atoms with Gasteiger partial charge in [-0.15, -0.1) is 0 Å². The Morgan fingerprint density at radius 3 is 2.60 bits per heavy atom. The number of aliphatic hydroxyl groups excluding tert-OH is 1. The molecule has 0 unspecified atom stereocenters. The number of benzene rings is 2. The number of fused-ring (bicyclic) bond motifs is 1. The third-order valence-corrected chi connectivity index (χ3v) is 10.6. The van der Waals surface area contributed by atoms with Gasteiger partial charge in [0.15, 0.2) is 0 Å². The third kappa shape index (κ3) is 7.60. The van der Waals surface area contributed by atoms with Gasteiger partial charge in [-0.25, -0.2) is 12.7 Å². The van der Waals surface area contributed by atoms with Crippen LogP contribution in [-0.2, 0) is 27.8 Å². The number of nitrogens with two attached hydrogens (primary N) is 1. The first-order chi connectivity index (χ1) is 20.2. The number of H-pyrrole nitrogens is 1. The van der Waals surface area contributed by atoms with Gasteiger partial charge in [0.05, 0.1) is 18.3 Å². The maximum Gasteiger partial charge on any atom is 0.221 e. The molecule has 1 amide bonds. The second-order valence-electron chi connectivity index (χ2n) is 12.0. The van der Waals surface area contributed by atoms with Gasteiger partial charge in [0, 0.05) is 43.3 Å². The molecular formula is C32H45N5O4S. The third-order valence-electron chi connectivity index (χ3n) is 8.66. The van der Waals surface area contributed by atoms with Crippen LogP contribution in [0.5, 0.6) is 0 Å². The Kier molecular flexibility index (Phi) is 10.0. The zero-order valence-electron chi connectivity index (χ0n) is 24.6. The molecule has 0 spiro atoms. The zero-order chi connectivity index (χ0) is 29.7. The number of piperidine rings is 1. The van der Waals surface area contributed by atoms with E-state index in [-0.39, 0.29) is 24.0 Å². The van der Waals surface area contributed by atoms with Crippen LogP contribution in [0.2, 0.25) is 0 Å². The highest BCUT2D eigenvalue weighted by atomic mass is 32.2. The summed E-state index contributed by atoms with van der Waals surface area (Å²) in [6, 6.07) is 12.5. The summed E-state index contributed by atoms with van der Waals surface area (Å²) in [5.41, 5.74) is 11.7. The van der Waals surface area contributed by atoms with Crippen LogP contribution in [0.1, 0.15) is 61.6 Å². The van der Waals surface area contributed by atoms with Gasteiger partial charge in [-0.2, -0.15) is 0 Å². The van der Waals surface area contributed by atoms with Crippen molar-refractivity contribution in [3.05, 3.63) is 59.3 Å². The van der Waals surface area contributed by atoms with Gasteiger partial charge in [0.1, 0.15) is 0 Å². The number of nitrogens with zero attached hydrogens (tertiary/aromatic N) is 2. The first-order valence-corrected chi connectivity index (χ1v) is 16.9. The number of hydrogen-bond donors (Lipinski definition) is 4. The average molecular weight is 596 g/mol. The molecule has 0 radical (unpaired) electrons. The van der Waals surface area contributed by atoms with Crippen molar-refractivity contribution in [1.82, 2.24) is 19.5 Å². The van der Waals surface area contributed by atoms with Crippen molar-refractivity contribution < 1.29 is 18.3 Å². The smallest absolute Gasteiger partial charge is 0.221 e. The summed E-state index contributed by atoms with van der Waals surface area (Å²) in [5, 5.41) is 13.9. The van der Waals surface area contributed by atoms with E-state index < -0.39 is 16.1 Å². The van der Waals surface area contributed by atoms with E-state index in [1.54, 1.807) is 11.2 Å². The number of aromatic amines is 1. The highest BCUT2D eigenvalue weighted by molar-refractivity contribution is 7.89. The van der Waals surface area contributed by atoms with E-state index in [0.717, 1.165) is 65.6 Å². The van der Waals surface area contributed by atoms with Gasteiger partial charge in [-0.05, 0) is 111 Å². The molecule has 0 saturated carbocycles. The number of aromatic nitrogens is 1. The highest BCUT2D eigenvalue weighted by Crippen LogP contribution is 2.37. The van der Waals surface area contributed by atoms with E-state index >= 15 is 0 Å². The first-order valence-electron chi connectivity index (χ1n) is 15.3. The lowest BCUT2D eigenvalue weighted by atomic mass is 9.88. The number of primary amides is 1. The van der Waals surface area contributed by atoms with E-state index in [4.69, 9.17) is 5.73 Å². The van der Waals surface area contributed by atoms with Crippen molar-refractivity contribution in [2.75, 3.05) is 45.0 Å². The summed E-state index contributed by atoms with van der Waals surface area (Å²) in [6.45, 7) is 7.01. The largest absolute Gasteiger partial charge is 0.392 e. The van der Waals surface area contributed by atoms with E-state index in [2.05, 4.69) is 39.5 Å². The Bertz CT molecular complexity index is 1470. The van der Waals surface area contributed by atoms with Gasteiger partial charge < -0.3 is 26.0 Å². The molecule has 2 aliphatic rings. The van der Waals surface area contributed by atoms with Gasteiger partial charge in [-0.1, -0.05) is 18.2 Å². The van der Waals surface area contributed by atoms with Crippen molar-refractivity contribution in [1.29, 1.82) is 0 Å². The van der Waals surface area contributed by atoms with Crippen LogP contribution in [0, 0.1) is 0 Å². The van der Waals surface area contributed by atoms with Gasteiger partial charge in [-0.3, -0.25) is 4.79 Å². The Balaban J connectivity index is 1.32. The molecule has 2 saturated heterocycles. The first kappa shape index (κ1) is 30.7. The Labute approximate surface area is 249 Å². The fourth-order valence-corrected chi connectivity index (χ4v) is 8.02. The summed E-state index contributed by atoms with van der Waals surface area (Å²) < 4.78 is 27.8. The summed E-state index contributed by atoms with van der Waals surface area (Å²) in [4.78, 5) is 17.8. The predicted molar refractivity (Wildman–Crippen MR) is 168 cm³/mol. The number of amides is 1. The minimum absolute atomic E-state index is 0.133. The van der Waals surface area contributed by atoms with Crippen molar-refractivity contribution in [2.45, 2.75) is 64.0 Å². The minimum atomic E-state index is -3.26. The minimum Gasteiger partial charge on any atom is -0.392 e. The van der Waals surface area contributed by atoms with Crippen molar-refractivity contribution in [3.63, 3.8) is 0 Å². The molecule has 0 bridgehead atoms. The molecule has 228 valence electrons. The molecule has 3 aromatic rings.